The van der Waals surface area contributed by atoms with Crippen LogP contribution in [0.2, 0.25) is 0 Å². The molecule has 11 nitrogen and oxygen atoms in total. The molecule has 0 atom stereocenters. The first-order valence-corrected chi connectivity index (χ1v) is 16.7. The average Bonchev–Trinajstić information content (AvgIpc) is 3.05. The molecule has 252 valence electrons. The van der Waals surface area contributed by atoms with Crippen molar-refractivity contribution in [3.63, 3.8) is 0 Å². The number of aromatic amines is 1. The van der Waals surface area contributed by atoms with Gasteiger partial charge < -0.3 is 35.3 Å². The van der Waals surface area contributed by atoms with Crippen molar-refractivity contribution in [2.75, 3.05) is 42.6 Å². The Bertz CT molecular complexity index is 1620. The highest BCUT2D eigenvalue weighted by Gasteiger charge is 2.28. The lowest BCUT2D eigenvalue weighted by Crippen LogP contribution is -2.40. The number of primary amides is 1. The molecule has 11 heteroatoms. The summed E-state index contributed by atoms with van der Waals surface area (Å²) in [6.07, 6.45) is 4.08. The summed E-state index contributed by atoms with van der Waals surface area (Å²) in [5, 5.41) is 3.08. The maximum atomic E-state index is 14.1. The Kier molecular flexibility index (Phi) is 10.9. The van der Waals surface area contributed by atoms with E-state index in [9.17, 15) is 14.4 Å². The molecule has 2 aliphatic heterocycles. The number of pyridine rings is 2. The lowest BCUT2D eigenvalue weighted by molar-refractivity contribution is 0.0846. The van der Waals surface area contributed by atoms with Crippen LogP contribution < -0.4 is 26.4 Å². The Hall–Kier alpha value is -4.38. The molecule has 0 unspecified atom stereocenters. The standard InChI is InChI=1S/C36H48N6O5/c1-6-42(26-11-15-46-16-12-26)31-18-23(4)17-29(34(43)39-21-30-28(22(2)3)19-24(5)40-35(30)44)33(31)25-7-8-32(38-20-25)41-13-9-27(10-14-41)47-36(37)45/h7-8,17-20,22,26-27H,6,9-16,21H2,1-5H3,(H2,37,45)(H,39,43)(H,40,44). The summed E-state index contributed by atoms with van der Waals surface area (Å²) < 4.78 is 10.9. The summed E-state index contributed by atoms with van der Waals surface area (Å²) in [6.45, 7) is 13.8. The Morgan fingerprint density at radius 2 is 1.85 bits per heavy atom. The third kappa shape index (κ3) is 7.96. The van der Waals surface area contributed by atoms with Crippen LogP contribution >= 0.6 is 0 Å². The summed E-state index contributed by atoms with van der Waals surface area (Å²) in [5.74, 6) is 0.707. The summed E-state index contributed by atoms with van der Waals surface area (Å²) in [4.78, 5) is 50.6. The molecular formula is C36H48N6O5. The van der Waals surface area contributed by atoms with Crippen LogP contribution in [0.3, 0.4) is 0 Å². The molecule has 4 N–H and O–H groups in total. The first-order chi connectivity index (χ1) is 22.5. The quantitative estimate of drug-likeness (QED) is 0.274. The number of carbonyl (C=O) groups is 2. The summed E-state index contributed by atoms with van der Waals surface area (Å²) >= 11 is 0. The number of anilines is 2. The molecular weight excluding hydrogens is 596 g/mol. The lowest BCUT2D eigenvalue weighted by Gasteiger charge is -2.37. The molecule has 2 saturated heterocycles. The third-order valence-corrected chi connectivity index (χ3v) is 9.23. The minimum absolute atomic E-state index is 0.120. The minimum atomic E-state index is -0.743. The molecule has 47 heavy (non-hydrogen) atoms. The van der Waals surface area contributed by atoms with Crippen LogP contribution in [-0.4, -0.2) is 67.0 Å². The van der Waals surface area contributed by atoms with Crippen molar-refractivity contribution < 1.29 is 19.1 Å². The number of aryl methyl sites for hydroxylation is 2. The fourth-order valence-corrected chi connectivity index (χ4v) is 6.89. The van der Waals surface area contributed by atoms with E-state index in [-0.39, 0.29) is 36.1 Å². The van der Waals surface area contributed by atoms with Gasteiger partial charge in [0.05, 0.1) is 0 Å². The molecule has 2 amide bonds. The van der Waals surface area contributed by atoms with Crippen molar-refractivity contribution in [3.8, 4) is 11.1 Å². The predicted molar refractivity (Wildman–Crippen MR) is 184 cm³/mol. The van der Waals surface area contributed by atoms with E-state index < -0.39 is 6.09 Å². The van der Waals surface area contributed by atoms with Gasteiger partial charge in [0.15, 0.2) is 0 Å². The molecule has 0 aliphatic carbocycles. The average molecular weight is 645 g/mol. The highest BCUT2D eigenvalue weighted by atomic mass is 16.6. The van der Waals surface area contributed by atoms with Gasteiger partial charge >= 0.3 is 6.09 Å². The van der Waals surface area contributed by atoms with Crippen molar-refractivity contribution in [2.45, 2.75) is 84.9 Å². The molecule has 0 radical (unpaired) electrons. The van der Waals surface area contributed by atoms with E-state index in [1.165, 1.54) is 0 Å². The van der Waals surface area contributed by atoms with Crippen LogP contribution in [-0.2, 0) is 16.0 Å². The number of hydrogen-bond acceptors (Lipinski definition) is 8. The first kappa shape index (κ1) is 34.0. The van der Waals surface area contributed by atoms with Crippen molar-refractivity contribution in [1.82, 2.24) is 15.3 Å². The number of piperidine rings is 1. The van der Waals surface area contributed by atoms with E-state index in [4.69, 9.17) is 20.2 Å². The van der Waals surface area contributed by atoms with Crippen molar-refractivity contribution in [1.29, 1.82) is 0 Å². The predicted octanol–water partition coefficient (Wildman–Crippen LogP) is 5.18. The Labute approximate surface area is 276 Å². The molecule has 0 spiro atoms. The van der Waals surface area contributed by atoms with Crippen LogP contribution in [0.15, 0.2) is 41.3 Å². The molecule has 2 aromatic heterocycles. The zero-order valence-electron chi connectivity index (χ0n) is 28.2. The van der Waals surface area contributed by atoms with Gasteiger partial charge in [0.25, 0.3) is 11.5 Å². The number of aromatic nitrogens is 2. The van der Waals surface area contributed by atoms with Gasteiger partial charge in [-0.25, -0.2) is 9.78 Å². The normalized spacial score (nSPS) is 15.9. The number of rotatable bonds is 10. The highest BCUT2D eigenvalue weighted by molar-refractivity contribution is 6.04. The van der Waals surface area contributed by atoms with Gasteiger partial charge in [-0.3, -0.25) is 9.59 Å². The number of amides is 2. The number of nitrogens with one attached hydrogen (secondary N) is 2. The SMILES string of the molecule is CCN(c1cc(C)cc(C(=O)NCc2c(C(C)C)cc(C)[nH]c2=O)c1-c1ccc(N2CCC(OC(N)=O)CC2)nc1)C1CCOCC1. The van der Waals surface area contributed by atoms with E-state index in [2.05, 4.69) is 33.1 Å². The minimum Gasteiger partial charge on any atom is -0.446 e. The van der Waals surface area contributed by atoms with Gasteiger partial charge in [0.2, 0.25) is 0 Å². The highest BCUT2D eigenvalue weighted by Crippen LogP contribution is 2.38. The number of nitrogens with zero attached hydrogens (tertiary/aromatic N) is 3. The summed E-state index contributed by atoms with van der Waals surface area (Å²) in [6, 6.07) is 10.4. The van der Waals surface area contributed by atoms with Gasteiger partial charge in [-0.15, -0.1) is 0 Å². The van der Waals surface area contributed by atoms with Crippen molar-refractivity contribution in [3.05, 3.63) is 74.8 Å². The molecule has 2 fully saturated rings. The number of nitrogens with two attached hydrogens (primary N) is 1. The molecule has 0 saturated carbocycles. The van der Waals surface area contributed by atoms with E-state index in [0.29, 0.717) is 50.3 Å². The first-order valence-electron chi connectivity index (χ1n) is 16.7. The maximum absolute atomic E-state index is 14.1. The second-order valence-electron chi connectivity index (χ2n) is 12.9. The fraction of sp³-hybridized carbons (Fsp3) is 0.500. The zero-order chi connectivity index (χ0) is 33.7. The van der Waals surface area contributed by atoms with E-state index in [0.717, 1.165) is 58.8 Å². The molecule has 5 rings (SSSR count). The number of H-pyrrole nitrogens is 1. The smallest absolute Gasteiger partial charge is 0.404 e. The second-order valence-corrected chi connectivity index (χ2v) is 12.9. The van der Waals surface area contributed by atoms with E-state index in [1.54, 1.807) is 0 Å². The topological polar surface area (TPSA) is 143 Å². The monoisotopic (exact) mass is 644 g/mol. The van der Waals surface area contributed by atoms with Crippen LogP contribution in [0.5, 0.6) is 0 Å². The lowest BCUT2D eigenvalue weighted by atomic mass is 9.93. The molecule has 1 aromatic carbocycles. The number of hydrogen-bond donors (Lipinski definition) is 3. The fourth-order valence-electron chi connectivity index (χ4n) is 6.89. The Morgan fingerprint density at radius 1 is 1.13 bits per heavy atom. The molecule has 3 aromatic rings. The summed E-state index contributed by atoms with van der Waals surface area (Å²) in [5.41, 5.74) is 11.5. The van der Waals surface area contributed by atoms with Gasteiger partial charge in [0.1, 0.15) is 11.9 Å². The van der Waals surface area contributed by atoms with Crippen LogP contribution in [0, 0.1) is 13.8 Å². The van der Waals surface area contributed by atoms with Crippen LogP contribution in [0.25, 0.3) is 11.1 Å². The molecule has 0 bridgehead atoms. The summed E-state index contributed by atoms with van der Waals surface area (Å²) in [7, 11) is 0. The Morgan fingerprint density at radius 3 is 2.47 bits per heavy atom. The maximum Gasteiger partial charge on any atom is 0.404 e. The van der Waals surface area contributed by atoms with Crippen LogP contribution in [0.1, 0.15) is 85.1 Å². The molecule has 2 aliphatic rings. The van der Waals surface area contributed by atoms with Gasteiger partial charge in [-0.05, 0) is 81.0 Å². The van der Waals surface area contributed by atoms with Crippen LogP contribution in [0.4, 0.5) is 16.3 Å². The third-order valence-electron chi connectivity index (χ3n) is 9.23. The number of ether oxygens (including phenoxy) is 2. The zero-order valence-corrected chi connectivity index (χ0v) is 28.2. The van der Waals surface area contributed by atoms with Gasteiger partial charge in [0, 0.05) is 98.1 Å². The van der Waals surface area contributed by atoms with Gasteiger partial charge in [-0.1, -0.05) is 13.8 Å². The van der Waals surface area contributed by atoms with E-state index >= 15 is 0 Å². The second kappa shape index (κ2) is 15.0. The number of benzene rings is 1. The number of carbonyl (C=O) groups excluding carboxylic acids is 2. The molecule has 4 heterocycles. The van der Waals surface area contributed by atoms with Gasteiger partial charge in [-0.2, -0.15) is 0 Å². The van der Waals surface area contributed by atoms with Crippen molar-refractivity contribution >= 4 is 23.5 Å². The van der Waals surface area contributed by atoms with E-state index in [1.807, 2.05) is 58.2 Å². The Balaban J connectivity index is 1.50. The van der Waals surface area contributed by atoms with Crippen molar-refractivity contribution in [2.24, 2.45) is 5.73 Å². The largest absolute Gasteiger partial charge is 0.446 e.